The van der Waals surface area contributed by atoms with Gasteiger partial charge in [-0.2, -0.15) is 0 Å². The van der Waals surface area contributed by atoms with E-state index in [9.17, 15) is 5.11 Å². The molecule has 0 saturated carbocycles. The first-order valence-corrected chi connectivity index (χ1v) is 9.60. The van der Waals surface area contributed by atoms with Gasteiger partial charge in [-0.3, -0.25) is 4.99 Å². The second-order valence-corrected chi connectivity index (χ2v) is 6.36. The van der Waals surface area contributed by atoms with Crippen molar-refractivity contribution >= 4 is 29.9 Å². The molecule has 0 spiro atoms. The molecule has 1 aromatic carbocycles. The Morgan fingerprint density at radius 2 is 1.96 bits per heavy atom. The lowest BCUT2D eigenvalue weighted by molar-refractivity contribution is 0.0698. The van der Waals surface area contributed by atoms with Gasteiger partial charge in [-0.05, 0) is 44.9 Å². The number of methoxy groups -OCH3 is 1. The average molecular weight is 509 g/mol. The van der Waals surface area contributed by atoms with Gasteiger partial charge in [-0.1, -0.05) is 12.1 Å². The number of aliphatic imine (C=N–C) groups is 1. The molecule has 1 rings (SSSR count). The SMILES string of the molecule is CCNC(=NCC(O)c1cccc(OC(C)C)c1)NCCCOCCOC.I. The molecule has 28 heavy (non-hydrogen) atoms. The molecule has 162 valence electrons. The molecule has 1 aromatic rings. The first-order valence-electron chi connectivity index (χ1n) is 9.60. The number of guanidine groups is 1. The standard InChI is InChI=1S/C20H35N3O4.HI/c1-5-21-20(22-10-7-11-26-13-12-25-4)23-15-19(24)17-8-6-9-18(14-17)27-16(2)3;/h6,8-9,14,16,19,24H,5,7,10-13,15H2,1-4H3,(H2,21,22,23);1H. The average Bonchev–Trinajstić information content (AvgIpc) is 2.64. The molecule has 0 radical (unpaired) electrons. The van der Waals surface area contributed by atoms with Gasteiger partial charge in [0, 0.05) is 26.8 Å². The van der Waals surface area contributed by atoms with E-state index in [2.05, 4.69) is 15.6 Å². The van der Waals surface area contributed by atoms with Crippen LogP contribution in [0.5, 0.6) is 5.75 Å². The highest BCUT2D eigenvalue weighted by molar-refractivity contribution is 14.0. The summed E-state index contributed by atoms with van der Waals surface area (Å²) in [7, 11) is 1.66. The Morgan fingerprint density at radius 1 is 1.18 bits per heavy atom. The number of nitrogens with zero attached hydrogens (tertiary/aromatic N) is 1. The van der Waals surface area contributed by atoms with Crippen molar-refractivity contribution in [1.82, 2.24) is 10.6 Å². The van der Waals surface area contributed by atoms with Crippen molar-refractivity contribution < 1.29 is 19.3 Å². The van der Waals surface area contributed by atoms with E-state index in [1.165, 1.54) is 0 Å². The number of nitrogens with one attached hydrogen (secondary N) is 2. The van der Waals surface area contributed by atoms with Gasteiger partial charge in [-0.25, -0.2) is 0 Å². The lowest BCUT2D eigenvalue weighted by Crippen LogP contribution is -2.38. The Bertz CT molecular complexity index is 544. The zero-order valence-electron chi connectivity index (χ0n) is 17.4. The normalized spacial score (nSPS) is 12.4. The molecule has 1 atom stereocenters. The van der Waals surface area contributed by atoms with Gasteiger partial charge >= 0.3 is 0 Å². The minimum atomic E-state index is -0.687. The molecule has 8 heteroatoms. The van der Waals surface area contributed by atoms with Crippen LogP contribution in [0.4, 0.5) is 0 Å². The van der Waals surface area contributed by atoms with E-state index < -0.39 is 6.10 Å². The Hall–Kier alpha value is -1.10. The fourth-order valence-electron chi connectivity index (χ4n) is 2.32. The summed E-state index contributed by atoms with van der Waals surface area (Å²) in [5, 5.41) is 16.9. The fraction of sp³-hybridized carbons (Fsp3) is 0.650. The van der Waals surface area contributed by atoms with Crippen LogP contribution in [0.25, 0.3) is 0 Å². The Labute approximate surface area is 186 Å². The molecule has 0 heterocycles. The molecule has 7 nitrogen and oxygen atoms in total. The predicted molar refractivity (Wildman–Crippen MR) is 124 cm³/mol. The zero-order valence-corrected chi connectivity index (χ0v) is 19.8. The summed E-state index contributed by atoms with van der Waals surface area (Å²) < 4.78 is 16.0. The highest BCUT2D eigenvalue weighted by Gasteiger charge is 2.09. The summed E-state index contributed by atoms with van der Waals surface area (Å²) in [5.74, 6) is 1.44. The zero-order chi connectivity index (χ0) is 19.9. The van der Waals surface area contributed by atoms with Gasteiger partial charge in [0.2, 0.25) is 0 Å². The minimum absolute atomic E-state index is 0. The van der Waals surface area contributed by atoms with Crippen molar-refractivity contribution in [3.8, 4) is 5.75 Å². The maximum atomic E-state index is 10.4. The quantitative estimate of drug-likeness (QED) is 0.164. The first kappa shape index (κ1) is 26.9. The fourth-order valence-corrected chi connectivity index (χ4v) is 2.32. The third-order valence-electron chi connectivity index (χ3n) is 3.57. The molecule has 0 aliphatic carbocycles. The van der Waals surface area contributed by atoms with E-state index in [1.54, 1.807) is 7.11 Å². The number of aliphatic hydroxyl groups is 1. The maximum absolute atomic E-state index is 10.4. The van der Waals surface area contributed by atoms with E-state index in [0.717, 1.165) is 30.8 Å². The van der Waals surface area contributed by atoms with Gasteiger partial charge < -0.3 is 30.0 Å². The summed E-state index contributed by atoms with van der Waals surface area (Å²) in [4.78, 5) is 4.47. The highest BCUT2D eigenvalue weighted by atomic mass is 127. The van der Waals surface area contributed by atoms with Gasteiger partial charge in [0.15, 0.2) is 5.96 Å². The predicted octanol–water partition coefficient (Wildman–Crippen LogP) is 2.73. The number of aliphatic hydroxyl groups excluding tert-OH is 1. The third-order valence-corrected chi connectivity index (χ3v) is 3.57. The molecule has 0 amide bonds. The number of hydrogen-bond donors (Lipinski definition) is 3. The van der Waals surface area contributed by atoms with Gasteiger partial charge in [0.05, 0.1) is 32.0 Å². The number of hydrogen-bond acceptors (Lipinski definition) is 5. The molecule has 0 fully saturated rings. The van der Waals surface area contributed by atoms with Crippen LogP contribution in [0, 0.1) is 0 Å². The number of halogens is 1. The summed E-state index contributed by atoms with van der Waals surface area (Å²) >= 11 is 0. The summed E-state index contributed by atoms with van der Waals surface area (Å²) in [6.45, 7) is 9.61. The Balaban J connectivity index is 0.00000729. The van der Waals surface area contributed by atoms with Crippen molar-refractivity contribution in [2.45, 2.75) is 39.4 Å². The van der Waals surface area contributed by atoms with Crippen LogP contribution in [-0.2, 0) is 9.47 Å². The van der Waals surface area contributed by atoms with E-state index in [-0.39, 0.29) is 36.6 Å². The molecular weight excluding hydrogens is 473 g/mol. The highest BCUT2D eigenvalue weighted by Crippen LogP contribution is 2.20. The van der Waals surface area contributed by atoms with Crippen LogP contribution >= 0.6 is 24.0 Å². The van der Waals surface area contributed by atoms with E-state index in [0.29, 0.717) is 25.8 Å². The van der Waals surface area contributed by atoms with E-state index >= 15 is 0 Å². The maximum Gasteiger partial charge on any atom is 0.191 e. The largest absolute Gasteiger partial charge is 0.491 e. The molecule has 0 aromatic heterocycles. The second kappa shape index (κ2) is 16.8. The topological polar surface area (TPSA) is 84.3 Å². The number of rotatable bonds is 13. The molecule has 1 unspecified atom stereocenters. The first-order chi connectivity index (χ1) is 13.1. The number of ether oxygens (including phenoxy) is 3. The minimum Gasteiger partial charge on any atom is -0.491 e. The van der Waals surface area contributed by atoms with Crippen LogP contribution in [-0.4, -0.2) is 63.7 Å². The Morgan fingerprint density at radius 3 is 2.64 bits per heavy atom. The third kappa shape index (κ3) is 12.4. The van der Waals surface area contributed by atoms with Crippen LogP contribution in [0.1, 0.15) is 38.9 Å². The summed E-state index contributed by atoms with van der Waals surface area (Å²) in [5.41, 5.74) is 0.791. The van der Waals surface area contributed by atoms with Crippen molar-refractivity contribution in [3.05, 3.63) is 29.8 Å². The van der Waals surface area contributed by atoms with Crippen LogP contribution in [0.2, 0.25) is 0 Å². The van der Waals surface area contributed by atoms with E-state index in [1.807, 2.05) is 45.0 Å². The second-order valence-electron chi connectivity index (χ2n) is 6.36. The molecule has 0 saturated heterocycles. The van der Waals surface area contributed by atoms with Crippen LogP contribution < -0.4 is 15.4 Å². The van der Waals surface area contributed by atoms with Crippen molar-refractivity contribution in [1.29, 1.82) is 0 Å². The van der Waals surface area contributed by atoms with Gasteiger partial charge in [-0.15, -0.1) is 24.0 Å². The number of benzene rings is 1. The summed E-state index contributed by atoms with van der Waals surface area (Å²) in [6, 6.07) is 7.51. The lowest BCUT2D eigenvalue weighted by Gasteiger charge is -2.15. The molecule has 3 N–H and O–H groups in total. The van der Waals surface area contributed by atoms with Crippen LogP contribution in [0.3, 0.4) is 0 Å². The van der Waals surface area contributed by atoms with Crippen LogP contribution in [0.15, 0.2) is 29.3 Å². The lowest BCUT2D eigenvalue weighted by atomic mass is 10.1. The summed E-state index contributed by atoms with van der Waals surface area (Å²) in [6.07, 6.45) is 0.276. The Kier molecular flexibility index (Phi) is 16.2. The van der Waals surface area contributed by atoms with Gasteiger partial charge in [0.1, 0.15) is 5.75 Å². The molecule has 0 aliphatic rings. The molecule has 0 aliphatic heterocycles. The van der Waals surface area contributed by atoms with Crippen molar-refractivity contribution in [2.75, 3.05) is 46.6 Å². The van der Waals surface area contributed by atoms with Gasteiger partial charge in [0.25, 0.3) is 0 Å². The van der Waals surface area contributed by atoms with Crippen molar-refractivity contribution in [3.63, 3.8) is 0 Å². The molecular formula is C20H36IN3O4. The smallest absolute Gasteiger partial charge is 0.191 e. The molecule has 0 bridgehead atoms. The van der Waals surface area contributed by atoms with E-state index in [4.69, 9.17) is 14.2 Å². The van der Waals surface area contributed by atoms with Crippen molar-refractivity contribution in [2.24, 2.45) is 4.99 Å². The monoisotopic (exact) mass is 509 g/mol.